The van der Waals surface area contributed by atoms with Crippen LogP contribution in [0.5, 0.6) is 0 Å². The van der Waals surface area contributed by atoms with E-state index in [4.69, 9.17) is 5.73 Å². The van der Waals surface area contributed by atoms with E-state index in [2.05, 4.69) is 21.9 Å². The molecule has 3 aromatic rings. The summed E-state index contributed by atoms with van der Waals surface area (Å²) in [7, 11) is -3.64. The Hall–Kier alpha value is -4.02. The molecule has 0 spiro atoms. The van der Waals surface area contributed by atoms with Crippen molar-refractivity contribution in [1.29, 1.82) is 0 Å². The molecule has 0 unspecified atom stereocenters. The quantitative estimate of drug-likeness (QED) is 0.335. The van der Waals surface area contributed by atoms with E-state index in [-0.39, 0.29) is 10.8 Å². The molecule has 1 amide bonds. The van der Waals surface area contributed by atoms with Gasteiger partial charge in [0.25, 0.3) is 10.0 Å². The predicted octanol–water partition coefficient (Wildman–Crippen LogP) is 3.62. The minimum atomic E-state index is -3.64. The third-order valence-corrected chi connectivity index (χ3v) is 5.34. The van der Waals surface area contributed by atoms with E-state index in [1.807, 2.05) is 0 Å². The molecule has 0 heterocycles. The lowest BCUT2D eigenvalue weighted by molar-refractivity contribution is -0.111. The molecule has 7 heteroatoms. The van der Waals surface area contributed by atoms with E-state index in [1.165, 1.54) is 24.3 Å². The molecule has 3 rings (SSSR count). The molecule has 0 aliphatic heterocycles. The van der Waals surface area contributed by atoms with Crippen molar-refractivity contribution in [2.24, 2.45) is 0 Å². The Bertz CT molecular complexity index is 1220. The molecule has 0 saturated heterocycles. The van der Waals surface area contributed by atoms with Crippen LogP contribution < -0.4 is 15.8 Å². The van der Waals surface area contributed by atoms with E-state index in [1.54, 1.807) is 66.7 Å². The molecule has 0 saturated carbocycles. The minimum Gasteiger partial charge on any atom is -0.397 e. The number of sulfonamides is 1. The van der Waals surface area contributed by atoms with Crippen LogP contribution in [-0.2, 0) is 14.8 Å². The van der Waals surface area contributed by atoms with E-state index in [9.17, 15) is 13.2 Å². The Morgan fingerprint density at radius 3 is 2.27 bits per heavy atom. The SMILES string of the molecule is Nc1ccccc1NC(=O)C=CC#Cc1ccc(NS(=O)(=O)c2ccccc2)cc1. The second-order valence-electron chi connectivity index (χ2n) is 6.18. The Kier molecular flexibility index (Phi) is 6.53. The summed E-state index contributed by atoms with van der Waals surface area (Å²) < 4.78 is 27.2. The molecule has 150 valence electrons. The lowest BCUT2D eigenvalue weighted by Gasteiger charge is -2.07. The van der Waals surface area contributed by atoms with Crippen molar-refractivity contribution in [2.75, 3.05) is 15.8 Å². The van der Waals surface area contributed by atoms with Crippen molar-refractivity contribution >= 4 is 33.0 Å². The van der Waals surface area contributed by atoms with Crippen molar-refractivity contribution in [1.82, 2.24) is 0 Å². The first-order chi connectivity index (χ1) is 14.4. The summed E-state index contributed by atoms with van der Waals surface area (Å²) in [4.78, 5) is 12.1. The first-order valence-corrected chi connectivity index (χ1v) is 10.4. The van der Waals surface area contributed by atoms with Gasteiger partial charge in [0.2, 0.25) is 5.91 Å². The Labute approximate surface area is 175 Å². The number of hydrogen-bond acceptors (Lipinski definition) is 4. The number of anilines is 3. The maximum absolute atomic E-state index is 12.3. The zero-order valence-corrected chi connectivity index (χ0v) is 16.7. The van der Waals surface area contributed by atoms with Gasteiger partial charge < -0.3 is 11.1 Å². The molecule has 0 aliphatic carbocycles. The first-order valence-electron chi connectivity index (χ1n) is 8.95. The second kappa shape index (κ2) is 9.45. The van der Waals surface area contributed by atoms with Gasteiger partial charge in [0.05, 0.1) is 16.3 Å². The Morgan fingerprint density at radius 2 is 1.57 bits per heavy atom. The fourth-order valence-corrected chi connectivity index (χ4v) is 3.54. The number of nitrogens with one attached hydrogen (secondary N) is 2. The predicted molar refractivity (Wildman–Crippen MR) is 119 cm³/mol. The van der Waals surface area contributed by atoms with E-state index in [0.717, 1.165) is 0 Å². The molecule has 30 heavy (non-hydrogen) atoms. The summed E-state index contributed by atoms with van der Waals surface area (Å²) >= 11 is 0. The lowest BCUT2D eigenvalue weighted by Crippen LogP contribution is -2.12. The van der Waals surface area contributed by atoms with Gasteiger partial charge in [-0.2, -0.15) is 0 Å². The van der Waals surface area contributed by atoms with Gasteiger partial charge in [-0.1, -0.05) is 42.2 Å². The number of hydrogen-bond donors (Lipinski definition) is 3. The zero-order chi connectivity index (χ0) is 21.4. The fraction of sp³-hybridized carbons (Fsp3) is 0. The highest BCUT2D eigenvalue weighted by atomic mass is 32.2. The fourth-order valence-electron chi connectivity index (χ4n) is 2.46. The van der Waals surface area contributed by atoms with Crippen LogP contribution in [0.15, 0.2) is 95.9 Å². The number of carbonyl (C=O) groups is 1. The highest BCUT2D eigenvalue weighted by Crippen LogP contribution is 2.17. The number of carbonyl (C=O) groups excluding carboxylic acids is 1. The van der Waals surface area contributed by atoms with Crippen LogP contribution in [0.1, 0.15) is 5.56 Å². The number of allylic oxidation sites excluding steroid dienone is 1. The molecule has 4 N–H and O–H groups in total. The normalized spacial score (nSPS) is 10.8. The highest BCUT2D eigenvalue weighted by Gasteiger charge is 2.12. The lowest BCUT2D eigenvalue weighted by atomic mass is 10.2. The van der Waals surface area contributed by atoms with Crippen LogP contribution in [0.25, 0.3) is 0 Å². The molecule has 0 atom stereocenters. The van der Waals surface area contributed by atoms with Gasteiger partial charge in [0, 0.05) is 17.3 Å². The van der Waals surface area contributed by atoms with Crippen LogP contribution in [0.3, 0.4) is 0 Å². The van der Waals surface area contributed by atoms with Crippen molar-refractivity contribution in [2.45, 2.75) is 4.90 Å². The number of nitrogen functional groups attached to an aromatic ring is 1. The van der Waals surface area contributed by atoms with Crippen LogP contribution in [0.4, 0.5) is 17.1 Å². The molecular weight excluding hydrogens is 398 g/mol. The standard InChI is InChI=1S/C23H19N3O3S/c24-21-11-5-6-12-22(21)25-23(27)13-7-4-8-18-14-16-19(17-15-18)26-30(28,29)20-9-2-1-3-10-20/h1-3,5-7,9-17,26H,24H2,(H,25,27). The van der Waals surface area contributed by atoms with Crippen molar-refractivity contribution < 1.29 is 13.2 Å². The number of benzene rings is 3. The monoisotopic (exact) mass is 417 g/mol. The smallest absolute Gasteiger partial charge is 0.261 e. The summed E-state index contributed by atoms with van der Waals surface area (Å²) in [6, 6.07) is 21.7. The second-order valence-corrected chi connectivity index (χ2v) is 7.86. The number of rotatable bonds is 5. The number of amides is 1. The van der Waals surface area contributed by atoms with Crippen molar-refractivity contribution in [3.63, 3.8) is 0 Å². The van der Waals surface area contributed by atoms with Crippen LogP contribution in [-0.4, -0.2) is 14.3 Å². The van der Waals surface area contributed by atoms with E-state index < -0.39 is 10.0 Å². The molecule has 0 fully saturated rings. The third-order valence-electron chi connectivity index (χ3n) is 3.94. The van der Waals surface area contributed by atoms with Crippen LogP contribution in [0.2, 0.25) is 0 Å². The van der Waals surface area contributed by atoms with E-state index in [0.29, 0.717) is 22.6 Å². The molecular formula is C23H19N3O3S. The van der Waals surface area contributed by atoms with Gasteiger partial charge in [-0.3, -0.25) is 9.52 Å². The molecule has 0 aliphatic rings. The molecule has 3 aromatic carbocycles. The first kappa shape index (κ1) is 20.7. The Morgan fingerprint density at radius 1 is 0.900 bits per heavy atom. The average molecular weight is 417 g/mol. The van der Waals surface area contributed by atoms with Gasteiger partial charge in [0.1, 0.15) is 0 Å². The summed E-state index contributed by atoms with van der Waals surface area (Å²) in [5.74, 6) is 5.30. The van der Waals surface area contributed by atoms with Gasteiger partial charge in [-0.25, -0.2) is 8.42 Å². The summed E-state index contributed by atoms with van der Waals surface area (Å²) in [5.41, 5.74) is 7.90. The summed E-state index contributed by atoms with van der Waals surface area (Å²) in [6.07, 6.45) is 2.74. The van der Waals surface area contributed by atoms with Gasteiger partial charge in [0.15, 0.2) is 0 Å². The molecule has 6 nitrogen and oxygen atoms in total. The summed E-state index contributed by atoms with van der Waals surface area (Å²) in [6.45, 7) is 0. The molecule has 0 aromatic heterocycles. The zero-order valence-electron chi connectivity index (χ0n) is 15.9. The largest absolute Gasteiger partial charge is 0.397 e. The van der Waals surface area contributed by atoms with Gasteiger partial charge in [-0.15, -0.1) is 0 Å². The minimum absolute atomic E-state index is 0.189. The summed E-state index contributed by atoms with van der Waals surface area (Å²) in [5, 5.41) is 2.67. The van der Waals surface area contributed by atoms with Crippen LogP contribution in [0, 0.1) is 11.8 Å². The third kappa shape index (κ3) is 5.74. The van der Waals surface area contributed by atoms with Crippen LogP contribution >= 0.6 is 0 Å². The maximum atomic E-state index is 12.3. The number of para-hydroxylation sites is 2. The number of nitrogens with two attached hydrogens (primary N) is 1. The highest BCUT2D eigenvalue weighted by molar-refractivity contribution is 7.92. The topological polar surface area (TPSA) is 101 Å². The van der Waals surface area contributed by atoms with E-state index >= 15 is 0 Å². The van der Waals surface area contributed by atoms with Gasteiger partial charge >= 0.3 is 0 Å². The maximum Gasteiger partial charge on any atom is 0.261 e. The molecule has 0 bridgehead atoms. The van der Waals surface area contributed by atoms with Crippen molar-refractivity contribution in [3.8, 4) is 11.8 Å². The van der Waals surface area contributed by atoms with Gasteiger partial charge in [-0.05, 0) is 54.6 Å². The average Bonchev–Trinajstić information content (AvgIpc) is 2.74. The molecule has 0 radical (unpaired) electrons. The van der Waals surface area contributed by atoms with Crippen molar-refractivity contribution in [3.05, 3.63) is 96.6 Å². The Balaban J connectivity index is 1.59.